The van der Waals surface area contributed by atoms with Crippen molar-refractivity contribution in [3.05, 3.63) is 186 Å². The van der Waals surface area contributed by atoms with E-state index in [2.05, 4.69) is 117 Å². The van der Waals surface area contributed by atoms with Gasteiger partial charge in [-0.3, -0.25) is 18.5 Å². The lowest BCUT2D eigenvalue weighted by molar-refractivity contribution is 0.955. The van der Waals surface area contributed by atoms with Gasteiger partial charge in [0.05, 0.1) is 44.0 Å². The fraction of sp³-hybridized carbons (Fsp3) is 0. The molecule has 0 aliphatic rings. The zero-order valence-corrected chi connectivity index (χ0v) is 27.9. The molecule has 6 nitrogen and oxygen atoms in total. The summed E-state index contributed by atoms with van der Waals surface area (Å²) in [5, 5.41) is 4.81. The van der Waals surface area contributed by atoms with Crippen LogP contribution in [-0.4, -0.2) is 23.3 Å². The highest BCUT2D eigenvalue weighted by Crippen LogP contribution is 2.41. The van der Waals surface area contributed by atoms with Crippen molar-refractivity contribution >= 4 is 65.5 Å². The molecule has 0 amide bonds. The molecular weight excluding hydrogens is 639 g/mol. The summed E-state index contributed by atoms with van der Waals surface area (Å²) >= 11 is 0. The Bertz CT molecular complexity index is 3240. The van der Waals surface area contributed by atoms with Crippen LogP contribution in [0, 0.1) is 0 Å². The van der Waals surface area contributed by atoms with Gasteiger partial charge in [-0.1, -0.05) is 103 Å². The second-order valence-electron chi connectivity index (χ2n) is 13.2. The third-order valence-corrected chi connectivity index (χ3v) is 10.4. The summed E-state index contributed by atoms with van der Waals surface area (Å²) in [7, 11) is 0. The molecule has 0 saturated heterocycles. The van der Waals surface area contributed by atoms with Gasteiger partial charge in [0.2, 0.25) is 5.95 Å². The van der Waals surface area contributed by atoms with Crippen LogP contribution in [0.15, 0.2) is 181 Å². The standard InChI is InChI=1S/C46H29N5O/c52-45-43-34-23-11-14-26-39(34)48(30-16-4-1-5-17-30)44(43)36-28-35-33-22-10-13-25-38(33)51(41(35)29-42(36)49(45)31-18-6-2-7-19-31)46-47-37-24-12-15-27-40(37)50(46)32-20-8-3-9-21-32/h1-29H. The molecule has 0 bridgehead atoms. The van der Waals surface area contributed by atoms with Crippen LogP contribution in [0.1, 0.15) is 0 Å². The van der Waals surface area contributed by atoms with Crippen molar-refractivity contribution in [2.45, 2.75) is 0 Å². The molecule has 0 aliphatic heterocycles. The highest BCUT2D eigenvalue weighted by molar-refractivity contribution is 6.22. The van der Waals surface area contributed by atoms with Crippen molar-refractivity contribution in [3.63, 3.8) is 0 Å². The maximum atomic E-state index is 15.1. The quantitative estimate of drug-likeness (QED) is 0.188. The van der Waals surface area contributed by atoms with E-state index in [1.54, 1.807) is 0 Å². The first kappa shape index (κ1) is 28.6. The van der Waals surface area contributed by atoms with E-state index in [1.807, 2.05) is 77.4 Å². The molecule has 6 heteroatoms. The van der Waals surface area contributed by atoms with Gasteiger partial charge in [0.15, 0.2) is 0 Å². The molecule has 0 radical (unpaired) electrons. The Hall–Kier alpha value is -7.18. The molecule has 0 N–H and O–H groups in total. The number of para-hydroxylation sites is 7. The van der Waals surface area contributed by atoms with Crippen LogP contribution in [0.3, 0.4) is 0 Å². The molecule has 0 saturated carbocycles. The summed E-state index contributed by atoms with van der Waals surface area (Å²) in [5.74, 6) is 0.783. The van der Waals surface area contributed by atoms with E-state index in [4.69, 9.17) is 4.98 Å². The van der Waals surface area contributed by atoms with Gasteiger partial charge in [0.25, 0.3) is 5.56 Å². The minimum atomic E-state index is -0.0573. The second kappa shape index (κ2) is 10.9. The first-order valence-electron chi connectivity index (χ1n) is 17.5. The first-order chi connectivity index (χ1) is 25.8. The first-order valence-corrected chi connectivity index (χ1v) is 17.5. The summed E-state index contributed by atoms with van der Waals surface area (Å²) in [5.41, 5.74) is 9.42. The molecule has 52 heavy (non-hydrogen) atoms. The van der Waals surface area contributed by atoms with Crippen molar-refractivity contribution in [1.29, 1.82) is 0 Å². The minimum Gasteiger partial charge on any atom is -0.308 e. The molecule has 7 aromatic carbocycles. The van der Waals surface area contributed by atoms with Crippen molar-refractivity contribution in [3.8, 4) is 23.0 Å². The van der Waals surface area contributed by atoms with E-state index >= 15 is 4.79 Å². The number of hydrogen-bond acceptors (Lipinski definition) is 2. The van der Waals surface area contributed by atoms with Gasteiger partial charge < -0.3 is 4.57 Å². The van der Waals surface area contributed by atoms with Crippen LogP contribution in [0.2, 0.25) is 0 Å². The van der Waals surface area contributed by atoms with Crippen LogP contribution in [0.5, 0.6) is 0 Å². The summed E-state index contributed by atoms with van der Waals surface area (Å²) < 4.78 is 8.63. The lowest BCUT2D eigenvalue weighted by Gasteiger charge is -2.16. The fourth-order valence-electron chi connectivity index (χ4n) is 8.20. The number of pyridine rings is 1. The Labute approximate surface area is 297 Å². The molecule has 0 spiro atoms. The Morgan fingerprint density at radius 1 is 0.365 bits per heavy atom. The smallest absolute Gasteiger partial charge is 0.265 e. The van der Waals surface area contributed by atoms with Crippen molar-refractivity contribution < 1.29 is 0 Å². The van der Waals surface area contributed by atoms with Crippen LogP contribution >= 0.6 is 0 Å². The molecule has 0 aliphatic carbocycles. The summed E-state index contributed by atoms with van der Waals surface area (Å²) in [6.07, 6.45) is 0. The van der Waals surface area contributed by atoms with Gasteiger partial charge in [-0.15, -0.1) is 0 Å². The lowest BCUT2D eigenvalue weighted by atomic mass is 10.1. The zero-order valence-electron chi connectivity index (χ0n) is 27.9. The summed E-state index contributed by atoms with van der Waals surface area (Å²) in [6.45, 7) is 0. The fourth-order valence-corrected chi connectivity index (χ4v) is 8.20. The number of benzene rings is 7. The van der Waals surface area contributed by atoms with E-state index < -0.39 is 0 Å². The third kappa shape index (κ3) is 3.94. The van der Waals surface area contributed by atoms with E-state index in [9.17, 15) is 0 Å². The maximum Gasteiger partial charge on any atom is 0.265 e. The van der Waals surface area contributed by atoms with Crippen molar-refractivity contribution in [2.24, 2.45) is 0 Å². The van der Waals surface area contributed by atoms with Gasteiger partial charge >= 0.3 is 0 Å². The minimum absolute atomic E-state index is 0.0573. The Morgan fingerprint density at radius 2 is 0.865 bits per heavy atom. The molecule has 244 valence electrons. The lowest BCUT2D eigenvalue weighted by Crippen LogP contribution is -2.19. The van der Waals surface area contributed by atoms with E-state index in [0.717, 1.165) is 83.2 Å². The van der Waals surface area contributed by atoms with Crippen LogP contribution in [-0.2, 0) is 0 Å². The normalized spacial score (nSPS) is 11.9. The molecule has 0 atom stereocenters. The number of rotatable bonds is 4. The molecule has 4 heterocycles. The van der Waals surface area contributed by atoms with Gasteiger partial charge in [0, 0.05) is 38.6 Å². The SMILES string of the molecule is O=c1c2c3ccccc3n(-c3ccccc3)c2c2cc3c4ccccc4n(-c4nc5ccccc5n4-c4ccccc4)c3cc2n1-c1ccccc1. The summed E-state index contributed by atoms with van der Waals surface area (Å²) in [6, 6.07) is 60.2. The predicted molar refractivity (Wildman–Crippen MR) is 213 cm³/mol. The molecule has 0 fully saturated rings. The summed E-state index contributed by atoms with van der Waals surface area (Å²) in [4.78, 5) is 20.4. The predicted octanol–water partition coefficient (Wildman–Crippen LogP) is 10.5. The monoisotopic (exact) mass is 667 g/mol. The molecule has 0 unspecified atom stereocenters. The average Bonchev–Trinajstić information content (AvgIpc) is 3.86. The number of aromatic nitrogens is 5. The van der Waals surface area contributed by atoms with Crippen LogP contribution in [0.25, 0.3) is 88.6 Å². The topological polar surface area (TPSA) is 49.7 Å². The van der Waals surface area contributed by atoms with Crippen molar-refractivity contribution in [1.82, 2.24) is 23.3 Å². The largest absolute Gasteiger partial charge is 0.308 e. The highest BCUT2D eigenvalue weighted by Gasteiger charge is 2.25. The van der Waals surface area contributed by atoms with Gasteiger partial charge in [-0.05, 0) is 72.8 Å². The molecular formula is C46H29N5O. The highest BCUT2D eigenvalue weighted by atomic mass is 16.1. The maximum absolute atomic E-state index is 15.1. The average molecular weight is 668 g/mol. The van der Waals surface area contributed by atoms with Gasteiger partial charge in [-0.2, -0.15) is 0 Å². The van der Waals surface area contributed by atoms with Crippen LogP contribution in [0.4, 0.5) is 0 Å². The Balaban J connectivity index is 1.38. The molecule has 4 aromatic heterocycles. The number of imidazole rings is 1. The van der Waals surface area contributed by atoms with E-state index in [1.165, 1.54) is 0 Å². The molecule has 11 aromatic rings. The Morgan fingerprint density at radius 3 is 1.54 bits per heavy atom. The zero-order chi connectivity index (χ0) is 34.3. The molecule has 11 rings (SSSR count). The van der Waals surface area contributed by atoms with E-state index in [-0.39, 0.29) is 5.56 Å². The van der Waals surface area contributed by atoms with Gasteiger partial charge in [-0.25, -0.2) is 4.98 Å². The Kier molecular flexibility index (Phi) is 6.01. The number of nitrogens with zero attached hydrogens (tertiary/aromatic N) is 5. The third-order valence-electron chi connectivity index (χ3n) is 10.4. The second-order valence-corrected chi connectivity index (χ2v) is 13.2. The van der Waals surface area contributed by atoms with Crippen molar-refractivity contribution in [2.75, 3.05) is 0 Å². The van der Waals surface area contributed by atoms with E-state index in [0.29, 0.717) is 5.39 Å². The number of hydrogen-bond donors (Lipinski definition) is 0. The van der Waals surface area contributed by atoms with Gasteiger partial charge in [0.1, 0.15) is 0 Å². The number of fused-ring (bicyclic) bond motifs is 9. The van der Waals surface area contributed by atoms with Crippen LogP contribution < -0.4 is 5.56 Å².